The molecule has 0 aliphatic carbocycles. The number of pyridine rings is 1. The van der Waals surface area contributed by atoms with Crippen LogP contribution in [0.4, 0.5) is 23.7 Å². The molecule has 0 saturated carbocycles. The first-order valence-electron chi connectivity index (χ1n) is 13.8. The number of ether oxygens (including phenoxy) is 2. The molecule has 0 radical (unpaired) electrons. The van der Waals surface area contributed by atoms with Gasteiger partial charge in [0.1, 0.15) is 11.4 Å². The second-order valence-corrected chi connectivity index (χ2v) is 11.7. The van der Waals surface area contributed by atoms with Crippen LogP contribution in [0.1, 0.15) is 55.9 Å². The van der Waals surface area contributed by atoms with Crippen LogP contribution in [0.2, 0.25) is 0 Å². The van der Waals surface area contributed by atoms with E-state index in [4.69, 9.17) is 4.74 Å². The largest absolute Gasteiger partial charge is 0.573 e. The van der Waals surface area contributed by atoms with Crippen LogP contribution >= 0.6 is 0 Å². The maximum atomic E-state index is 12.8. The molecule has 0 N–H and O–H groups in total. The number of halogens is 3. The smallest absolute Gasteiger partial charge is 0.444 e. The zero-order valence-electron chi connectivity index (χ0n) is 24.5. The molecule has 2 heterocycles. The molecule has 1 amide bonds. The highest BCUT2D eigenvalue weighted by Gasteiger charge is 2.32. The fourth-order valence-electron chi connectivity index (χ4n) is 5.07. The van der Waals surface area contributed by atoms with Gasteiger partial charge in [0.15, 0.2) is 0 Å². The molecule has 0 bridgehead atoms. The maximum absolute atomic E-state index is 12.8. The summed E-state index contributed by atoms with van der Waals surface area (Å²) in [6, 6.07) is 14.3. The van der Waals surface area contributed by atoms with Crippen LogP contribution in [0.3, 0.4) is 0 Å². The minimum atomic E-state index is -4.75. The number of benzene rings is 2. The molecule has 1 aliphatic rings. The predicted octanol–water partition coefficient (Wildman–Crippen LogP) is 7.98. The van der Waals surface area contributed by atoms with E-state index < -0.39 is 12.0 Å². The molecule has 0 atom stereocenters. The van der Waals surface area contributed by atoms with Crippen LogP contribution in [0.15, 0.2) is 54.7 Å². The van der Waals surface area contributed by atoms with E-state index in [1.807, 2.05) is 26.8 Å². The molecule has 220 valence electrons. The van der Waals surface area contributed by atoms with Crippen molar-refractivity contribution in [2.75, 3.05) is 18.0 Å². The number of likely N-dealkylation sites (tertiary alicyclic amines) is 1. The van der Waals surface area contributed by atoms with Crippen molar-refractivity contribution in [1.29, 1.82) is 0 Å². The third kappa shape index (κ3) is 8.15. The minimum Gasteiger partial charge on any atom is -0.444 e. The van der Waals surface area contributed by atoms with Crippen molar-refractivity contribution in [2.24, 2.45) is 0 Å². The van der Waals surface area contributed by atoms with Crippen molar-refractivity contribution in [3.05, 3.63) is 77.0 Å². The first kappa shape index (κ1) is 30.2. The second kappa shape index (κ2) is 12.0. The van der Waals surface area contributed by atoms with Gasteiger partial charge in [0.05, 0.1) is 5.69 Å². The summed E-state index contributed by atoms with van der Waals surface area (Å²) in [6.45, 7) is 13.4. The number of hydrogen-bond donors (Lipinski definition) is 0. The Morgan fingerprint density at radius 3 is 2.15 bits per heavy atom. The molecule has 1 fully saturated rings. The molecule has 6 nitrogen and oxygen atoms in total. The molecule has 0 unspecified atom stereocenters. The first-order valence-corrected chi connectivity index (χ1v) is 13.8. The monoisotopic (exact) mass is 569 g/mol. The quantitative estimate of drug-likeness (QED) is 0.301. The fourth-order valence-corrected chi connectivity index (χ4v) is 5.07. The van der Waals surface area contributed by atoms with Crippen molar-refractivity contribution in [1.82, 2.24) is 9.88 Å². The lowest BCUT2D eigenvalue weighted by Gasteiger charge is -2.40. The average Bonchev–Trinajstić information content (AvgIpc) is 2.89. The number of carbonyl (C=O) groups is 1. The van der Waals surface area contributed by atoms with Gasteiger partial charge in [-0.3, -0.25) is 4.98 Å². The number of hydrogen-bond acceptors (Lipinski definition) is 5. The summed E-state index contributed by atoms with van der Waals surface area (Å²) < 4.78 is 47.9. The summed E-state index contributed by atoms with van der Waals surface area (Å²) >= 11 is 0. The highest BCUT2D eigenvalue weighted by atomic mass is 19.4. The molecule has 9 heteroatoms. The Labute approximate surface area is 240 Å². The fraction of sp³-hybridized carbons (Fsp3) is 0.438. The third-order valence-corrected chi connectivity index (χ3v) is 7.36. The van der Waals surface area contributed by atoms with Crippen LogP contribution in [-0.2, 0) is 11.3 Å². The number of anilines is 1. The molecule has 1 saturated heterocycles. The van der Waals surface area contributed by atoms with Crippen molar-refractivity contribution in [3.8, 4) is 17.0 Å². The van der Waals surface area contributed by atoms with Crippen LogP contribution in [0.25, 0.3) is 11.3 Å². The molecule has 1 aliphatic heterocycles. The molecule has 3 aromatic rings. The van der Waals surface area contributed by atoms with Gasteiger partial charge in [0.2, 0.25) is 0 Å². The molecule has 2 aromatic carbocycles. The summed E-state index contributed by atoms with van der Waals surface area (Å²) in [5.74, 6) is -0.266. The van der Waals surface area contributed by atoms with Gasteiger partial charge in [0, 0.05) is 43.1 Å². The Bertz CT molecular complexity index is 1340. The number of amides is 1. The zero-order valence-corrected chi connectivity index (χ0v) is 24.5. The Morgan fingerprint density at radius 2 is 1.59 bits per heavy atom. The molecule has 1 aromatic heterocycles. The minimum absolute atomic E-state index is 0.0588. The number of aromatic nitrogens is 1. The number of aryl methyl sites for hydroxylation is 2. The zero-order chi connectivity index (χ0) is 29.9. The average molecular weight is 570 g/mol. The topological polar surface area (TPSA) is 54.9 Å². The van der Waals surface area contributed by atoms with Gasteiger partial charge in [-0.1, -0.05) is 0 Å². The number of piperidine rings is 1. The van der Waals surface area contributed by atoms with Crippen molar-refractivity contribution in [3.63, 3.8) is 0 Å². The standard InChI is InChI=1S/C32H38F3N3O3/c1-21-17-25(18-22(2)23(21)3)29-19-24(11-14-36-29)20-38(26-7-9-28(10-8-26)40-32(33,34)35)27-12-15-37(16-13-27)30(39)41-31(4,5)6/h7-11,14,17-19,27H,12-13,15-16,20H2,1-6H3. The van der Waals surface area contributed by atoms with E-state index in [0.29, 0.717) is 32.5 Å². The number of nitrogens with zero attached hydrogens (tertiary/aromatic N) is 3. The van der Waals surface area contributed by atoms with Gasteiger partial charge in [-0.05, 0) is 125 Å². The van der Waals surface area contributed by atoms with Crippen molar-refractivity contribution in [2.45, 2.75) is 78.9 Å². The normalized spacial score (nSPS) is 14.6. The SMILES string of the molecule is Cc1cc(-c2cc(CN(c3ccc(OC(F)(F)F)cc3)C3CCN(C(=O)OC(C)(C)C)CC3)ccn2)cc(C)c1C. The van der Waals surface area contributed by atoms with E-state index in [2.05, 4.69) is 53.6 Å². The van der Waals surface area contributed by atoms with Crippen LogP contribution in [0, 0.1) is 20.8 Å². The summed E-state index contributed by atoms with van der Waals surface area (Å²) in [5, 5.41) is 0. The van der Waals surface area contributed by atoms with E-state index in [1.54, 1.807) is 23.2 Å². The second-order valence-electron chi connectivity index (χ2n) is 11.7. The van der Waals surface area contributed by atoms with Gasteiger partial charge in [-0.2, -0.15) is 0 Å². The lowest BCUT2D eigenvalue weighted by molar-refractivity contribution is -0.274. The van der Waals surface area contributed by atoms with E-state index in [0.717, 1.165) is 22.5 Å². The van der Waals surface area contributed by atoms with E-state index in [1.165, 1.54) is 28.8 Å². The summed E-state index contributed by atoms with van der Waals surface area (Å²) in [4.78, 5) is 21.1. The van der Waals surface area contributed by atoms with Crippen molar-refractivity contribution >= 4 is 11.8 Å². The predicted molar refractivity (Wildman–Crippen MR) is 154 cm³/mol. The van der Waals surface area contributed by atoms with E-state index >= 15 is 0 Å². The maximum Gasteiger partial charge on any atom is 0.573 e. The Morgan fingerprint density at radius 1 is 0.976 bits per heavy atom. The van der Waals surface area contributed by atoms with Crippen LogP contribution in [0.5, 0.6) is 5.75 Å². The van der Waals surface area contributed by atoms with Gasteiger partial charge < -0.3 is 19.3 Å². The highest BCUT2D eigenvalue weighted by molar-refractivity contribution is 5.68. The lowest BCUT2D eigenvalue weighted by Crippen LogP contribution is -2.48. The highest BCUT2D eigenvalue weighted by Crippen LogP contribution is 2.31. The van der Waals surface area contributed by atoms with E-state index in [-0.39, 0.29) is 17.9 Å². The third-order valence-electron chi connectivity index (χ3n) is 7.36. The number of rotatable bonds is 6. The Hall–Kier alpha value is -3.75. The van der Waals surface area contributed by atoms with Gasteiger partial charge in [0.25, 0.3) is 0 Å². The molecule has 41 heavy (non-hydrogen) atoms. The van der Waals surface area contributed by atoms with Gasteiger partial charge >= 0.3 is 12.5 Å². The lowest BCUT2D eigenvalue weighted by atomic mass is 9.98. The van der Waals surface area contributed by atoms with Crippen molar-refractivity contribution < 1.29 is 27.4 Å². The Kier molecular flexibility index (Phi) is 8.85. The van der Waals surface area contributed by atoms with Gasteiger partial charge in [-0.15, -0.1) is 13.2 Å². The van der Waals surface area contributed by atoms with E-state index in [9.17, 15) is 18.0 Å². The summed E-state index contributed by atoms with van der Waals surface area (Å²) in [5.41, 5.74) is 6.78. The number of carbonyl (C=O) groups excluding carboxylic acids is 1. The number of alkyl halides is 3. The Balaban J connectivity index is 1.59. The first-order chi connectivity index (χ1) is 19.2. The molecular weight excluding hydrogens is 531 g/mol. The summed E-state index contributed by atoms with van der Waals surface area (Å²) in [7, 11) is 0. The van der Waals surface area contributed by atoms with Crippen LogP contribution < -0.4 is 9.64 Å². The molecular formula is C32H38F3N3O3. The molecule has 0 spiro atoms. The summed E-state index contributed by atoms with van der Waals surface area (Å²) in [6.07, 6.45) is -1.92. The molecule has 4 rings (SSSR count). The van der Waals surface area contributed by atoms with Crippen LogP contribution in [-0.4, -0.2) is 47.1 Å². The van der Waals surface area contributed by atoms with Gasteiger partial charge in [-0.25, -0.2) is 4.79 Å².